The van der Waals surface area contributed by atoms with Crippen molar-refractivity contribution in [1.82, 2.24) is 14.6 Å². The minimum atomic E-state index is -3.17. The Kier molecular flexibility index (Phi) is 6.97. The molecule has 1 aromatic rings. The van der Waals surface area contributed by atoms with E-state index in [9.17, 15) is 8.42 Å². The minimum Gasteiger partial charge on any atom is -0.316 e. The van der Waals surface area contributed by atoms with E-state index in [2.05, 4.69) is 17.2 Å². The van der Waals surface area contributed by atoms with Gasteiger partial charge in [0, 0.05) is 38.4 Å². The van der Waals surface area contributed by atoms with Crippen LogP contribution in [0.4, 0.5) is 0 Å². The highest BCUT2D eigenvalue weighted by Crippen LogP contribution is 2.01. The normalized spacial score (nSPS) is 11.9. The molecule has 1 heterocycles. The molecule has 0 atom stereocenters. The second-order valence-electron chi connectivity index (χ2n) is 4.46. The van der Waals surface area contributed by atoms with Gasteiger partial charge in [-0.25, -0.2) is 12.7 Å². The van der Waals surface area contributed by atoms with Crippen LogP contribution in [0, 0.1) is 0 Å². The highest BCUT2D eigenvalue weighted by molar-refractivity contribution is 7.89. The van der Waals surface area contributed by atoms with Gasteiger partial charge in [0.2, 0.25) is 10.0 Å². The molecule has 19 heavy (non-hydrogen) atoms. The van der Waals surface area contributed by atoms with Crippen molar-refractivity contribution in [2.24, 2.45) is 0 Å². The van der Waals surface area contributed by atoms with E-state index >= 15 is 0 Å². The molecule has 0 bridgehead atoms. The highest BCUT2D eigenvalue weighted by Gasteiger charge is 2.16. The average Bonchev–Trinajstić information content (AvgIpc) is 2.42. The van der Waals surface area contributed by atoms with Crippen LogP contribution in [0.5, 0.6) is 0 Å². The Labute approximate surface area is 116 Å². The summed E-state index contributed by atoms with van der Waals surface area (Å²) in [4.78, 5) is 4.19. The van der Waals surface area contributed by atoms with Gasteiger partial charge in [-0.1, -0.05) is 13.0 Å². The van der Waals surface area contributed by atoms with E-state index < -0.39 is 10.0 Å². The summed E-state index contributed by atoms with van der Waals surface area (Å²) in [5, 5.41) is 3.10. The molecule has 1 rings (SSSR count). The van der Waals surface area contributed by atoms with Gasteiger partial charge in [0.05, 0.1) is 5.75 Å². The predicted molar refractivity (Wildman–Crippen MR) is 77.5 cm³/mol. The lowest BCUT2D eigenvalue weighted by atomic mass is 10.3. The zero-order chi connectivity index (χ0) is 14.1. The van der Waals surface area contributed by atoms with Gasteiger partial charge in [0.1, 0.15) is 0 Å². The first kappa shape index (κ1) is 16.1. The molecule has 0 unspecified atom stereocenters. The topological polar surface area (TPSA) is 62.3 Å². The average molecular weight is 285 g/mol. The lowest BCUT2D eigenvalue weighted by molar-refractivity contribution is 0.469. The fraction of sp³-hybridized carbons (Fsp3) is 0.615. The van der Waals surface area contributed by atoms with Gasteiger partial charge in [0.15, 0.2) is 0 Å². The Balaban J connectivity index is 2.37. The fourth-order valence-electron chi connectivity index (χ4n) is 1.62. The maximum atomic E-state index is 12.0. The van der Waals surface area contributed by atoms with Crippen molar-refractivity contribution in [1.29, 1.82) is 0 Å². The summed E-state index contributed by atoms with van der Waals surface area (Å²) < 4.78 is 25.4. The van der Waals surface area contributed by atoms with Crippen LogP contribution in [0.3, 0.4) is 0 Å². The van der Waals surface area contributed by atoms with Crippen molar-refractivity contribution in [3.8, 4) is 0 Å². The quantitative estimate of drug-likeness (QED) is 0.684. The van der Waals surface area contributed by atoms with E-state index in [0.717, 1.165) is 18.7 Å². The third kappa shape index (κ3) is 6.13. The first-order valence-electron chi connectivity index (χ1n) is 6.61. The van der Waals surface area contributed by atoms with Crippen molar-refractivity contribution in [3.05, 3.63) is 30.1 Å². The van der Waals surface area contributed by atoms with E-state index in [4.69, 9.17) is 0 Å². The van der Waals surface area contributed by atoms with Gasteiger partial charge < -0.3 is 5.32 Å². The summed E-state index contributed by atoms with van der Waals surface area (Å²) in [5.74, 6) is 0.145. The molecule has 0 aliphatic heterocycles. The number of likely N-dealkylation sites (N-methyl/N-ethyl adjacent to an activating group) is 1. The molecule has 0 saturated carbocycles. The van der Waals surface area contributed by atoms with Gasteiger partial charge in [-0.05, 0) is 25.1 Å². The zero-order valence-electron chi connectivity index (χ0n) is 11.7. The van der Waals surface area contributed by atoms with Crippen LogP contribution in [0.15, 0.2) is 24.4 Å². The first-order chi connectivity index (χ1) is 9.06. The number of hydrogen-bond donors (Lipinski definition) is 1. The Bertz CT molecular complexity index is 448. The van der Waals surface area contributed by atoms with E-state index in [0.29, 0.717) is 19.5 Å². The van der Waals surface area contributed by atoms with E-state index in [1.807, 2.05) is 18.2 Å². The monoisotopic (exact) mass is 285 g/mol. The molecule has 0 fully saturated rings. The molecule has 108 valence electrons. The van der Waals surface area contributed by atoms with Crippen molar-refractivity contribution < 1.29 is 8.42 Å². The molecule has 0 saturated heterocycles. The molecule has 1 N–H and O–H groups in total. The zero-order valence-corrected chi connectivity index (χ0v) is 12.5. The van der Waals surface area contributed by atoms with Crippen molar-refractivity contribution in [3.63, 3.8) is 0 Å². The summed E-state index contributed by atoms with van der Waals surface area (Å²) >= 11 is 0. The first-order valence-corrected chi connectivity index (χ1v) is 8.22. The van der Waals surface area contributed by atoms with Crippen LogP contribution in [0.1, 0.15) is 19.0 Å². The Hall–Kier alpha value is -0.980. The molecular formula is C13H23N3O2S. The second kappa shape index (κ2) is 8.24. The van der Waals surface area contributed by atoms with Crippen LogP contribution >= 0.6 is 0 Å². The SMILES string of the molecule is CCCNCCS(=O)(=O)N(C)CCc1ccccn1. The van der Waals surface area contributed by atoms with Crippen LogP contribution < -0.4 is 5.32 Å². The molecule has 0 aliphatic carbocycles. The van der Waals surface area contributed by atoms with Gasteiger partial charge in [-0.15, -0.1) is 0 Å². The lowest BCUT2D eigenvalue weighted by Gasteiger charge is -2.17. The number of rotatable bonds is 9. The lowest BCUT2D eigenvalue weighted by Crippen LogP contribution is -2.35. The molecule has 0 radical (unpaired) electrons. The second-order valence-corrected chi connectivity index (χ2v) is 6.65. The number of nitrogens with one attached hydrogen (secondary N) is 1. The smallest absolute Gasteiger partial charge is 0.215 e. The van der Waals surface area contributed by atoms with Crippen LogP contribution in [0.2, 0.25) is 0 Å². The van der Waals surface area contributed by atoms with Crippen molar-refractivity contribution in [2.45, 2.75) is 19.8 Å². The molecule has 5 nitrogen and oxygen atoms in total. The predicted octanol–water partition coefficient (Wildman–Crippen LogP) is 0.885. The van der Waals surface area contributed by atoms with Gasteiger partial charge in [-0.3, -0.25) is 4.98 Å². The van der Waals surface area contributed by atoms with Gasteiger partial charge in [0.25, 0.3) is 0 Å². The maximum Gasteiger partial charge on any atom is 0.215 e. The van der Waals surface area contributed by atoms with Crippen molar-refractivity contribution in [2.75, 3.05) is 32.4 Å². The van der Waals surface area contributed by atoms with Gasteiger partial charge >= 0.3 is 0 Å². The summed E-state index contributed by atoms with van der Waals surface area (Å²) in [6, 6.07) is 5.66. The summed E-state index contributed by atoms with van der Waals surface area (Å²) in [5.41, 5.74) is 0.911. The summed E-state index contributed by atoms with van der Waals surface area (Å²) in [6.45, 7) is 3.88. The number of sulfonamides is 1. The molecule has 0 spiro atoms. The van der Waals surface area contributed by atoms with Crippen LogP contribution in [-0.4, -0.2) is 50.1 Å². The highest BCUT2D eigenvalue weighted by atomic mass is 32.2. The number of pyridine rings is 1. The molecule has 6 heteroatoms. The summed E-state index contributed by atoms with van der Waals surface area (Å²) in [6.07, 6.45) is 3.37. The van der Waals surface area contributed by atoms with E-state index in [1.165, 1.54) is 4.31 Å². The number of nitrogens with zero attached hydrogens (tertiary/aromatic N) is 2. The minimum absolute atomic E-state index is 0.145. The van der Waals surface area contributed by atoms with E-state index in [1.54, 1.807) is 13.2 Å². The van der Waals surface area contributed by atoms with Crippen molar-refractivity contribution >= 4 is 10.0 Å². The molecular weight excluding hydrogens is 262 g/mol. The summed E-state index contributed by atoms with van der Waals surface area (Å²) in [7, 11) is -1.54. The maximum absolute atomic E-state index is 12.0. The third-order valence-corrected chi connectivity index (χ3v) is 4.70. The standard InChI is InChI=1S/C13H23N3O2S/c1-3-8-14-10-12-19(17,18)16(2)11-7-13-6-4-5-9-15-13/h4-6,9,14H,3,7-8,10-12H2,1-2H3. The molecule has 1 aromatic heterocycles. The van der Waals surface area contributed by atoms with E-state index in [-0.39, 0.29) is 5.75 Å². The van der Waals surface area contributed by atoms with Crippen LogP contribution in [0.25, 0.3) is 0 Å². The Morgan fingerprint density at radius 3 is 2.74 bits per heavy atom. The Morgan fingerprint density at radius 1 is 1.32 bits per heavy atom. The van der Waals surface area contributed by atoms with Crippen LogP contribution in [-0.2, 0) is 16.4 Å². The molecule has 0 aliphatic rings. The fourth-order valence-corrected chi connectivity index (χ4v) is 2.70. The van der Waals surface area contributed by atoms with Gasteiger partial charge in [-0.2, -0.15) is 0 Å². The molecule has 0 amide bonds. The number of aromatic nitrogens is 1. The Morgan fingerprint density at radius 2 is 2.11 bits per heavy atom. The molecule has 0 aromatic carbocycles. The third-order valence-electron chi connectivity index (χ3n) is 2.85. The number of hydrogen-bond acceptors (Lipinski definition) is 4. The largest absolute Gasteiger partial charge is 0.316 e.